The summed E-state index contributed by atoms with van der Waals surface area (Å²) in [4.78, 5) is 39.2. The van der Waals surface area contributed by atoms with E-state index in [1.807, 2.05) is 61.5 Å². The number of hydrazone groups is 1. The van der Waals surface area contributed by atoms with Crippen LogP contribution in [0, 0.1) is 6.92 Å². The number of carboxylic acid groups (broad SMARTS) is 1. The number of hydrogen-bond acceptors (Lipinski definition) is 5. The van der Waals surface area contributed by atoms with Crippen LogP contribution in [0.4, 0.5) is 0 Å². The first-order valence-corrected chi connectivity index (χ1v) is 10.2. The van der Waals surface area contributed by atoms with Crippen LogP contribution in [0.25, 0.3) is 10.9 Å². The van der Waals surface area contributed by atoms with Crippen LogP contribution >= 0.6 is 0 Å². The van der Waals surface area contributed by atoms with Gasteiger partial charge in [-0.05, 0) is 35.9 Å². The summed E-state index contributed by atoms with van der Waals surface area (Å²) in [7, 11) is 0. The molecule has 0 unspecified atom stereocenters. The fourth-order valence-corrected chi connectivity index (χ4v) is 3.94. The van der Waals surface area contributed by atoms with E-state index in [-0.39, 0.29) is 24.4 Å². The Morgan fingerprint density at radius 2 is 1.90 bits per heavy atom. The molecule has 0 radical (unpaired) electrons. The number of rotatable bonds is 6. The quantitative estimate of drug-likeness (QED) is 0.663. The Labute approximate surface area is 179 Å². The van der Waals surface area contributed by atoms with Crippen molar-refractivity contribution in [2.45, 2.75) is 38.6 Å². The number of carbonyl (C=O) groups is 2. The highest BCUT2D eigenvalue weighted by Gasteiger charge is 2.32. The zero-order valence-corrected chi connectivity index (χ0v) is 17.1. The molecule has 1 aliphatic heterocycles. The summed E-state index contributed by atoms with van der Waals surface area (Å²) in [5, 5.41) is 17.6. The highest BCUT2D eigenvalue weighted by molar-refractivity contribution is 6.03. The molecule has 7 heteroatoms. The number of benzene rings is 2. The normalized spacial score (nSPS) is 15.8. The SMILES string of the molecule is Cc1cccc2cc(C[C@@H]3CC(c4ccccc4)=NN3C(=O)CCC(=O)[O-])c(=O)[nH]c12. The molecule has 0 bridgehead atoms. The number of aromatic amines is 1. The molecule has 1 aromatic heterocycles. The number of hydrogen-bond donors (Lipinski definition) is 1. The molecule has 0 saturated heterocycles. The minimum atomic E-state index is -1.28. The molecule has 7 nitrogen and oxygen atoms in total. The van der Waals surface area contributed by atoms with Crippen LogP contribution in [0.15, 0.2) is 64.5 Å². The molecule has 1 atom stereocenters. The van der Waals surface area contributed by atoms with Crippen molar-refractivity contribution in [3.8, 4) is 0 Å². The maximum Gasteiger partial charge on any atom is 0.251 e. The van der Waals surface area contributed by atoms with Gasteiger partial charge in [0.2, 0.25) is 5.91 Å². The summed E-state index contributed by atoms with van der Waals surface area (Å²) in [6.07, 6.45) is 0.230. The summed E-state index contributed by atoms with van der Waals surface area (Å²) in [5.74, 6) is -1.68. The van der Waals surface area contributed by atoms with Crippen molar-refractivity contribution in [2.75, 3.05) is 0 Å². The van der Waals surface area contributed by atoms with Crippen LogP contribution in [0.2, 0.25) is 0 Å². The number of aliphatic carboxylic acids is 1. The molecule has 0 fully saturated rings. The van der Waals surface area contributed by atoms with Gasteiger partial charge in [-0.15, -0.1) is 0 Å². The van der Waals surface area contributed by atoms with E-state index in [4.69, 9.17) is 0 Å². The maximum absolute atomic E-state index is 12.7. The molecule has 1 aliphatic rings. The van der Waals surface area contributed by atoms with E-state index in [0.717, 1.165) is 27.7 Å². The number of aromatic nitrogens is 1. The molecule has 3 aromatic rings. The summed E-state index contributed by atoms with van der Waals surface area (Å²) in [6.45, 7) is 1.94. The average molecular weight is 416 g/mol. The molecular weight excluding hydrogens is 394 g/mol. The number of H-pyrrole nitrogens is 1. The highest BCUT2D eigenvalue weighted by Crippen LogP contribution is 2.25. The number of amides is 1. The number of pyridine rings is 1. The van der Waals surface area contributed by atoms with Crippen LogP contribution in [0.5, 0.6) is 0 Å². The van der Waals surface area contributed by atoms with Crippen LogP contribution in [-0.2, 0) is 16.0 Å². The van der Waals surface area contributed by atoms with Crippen molar-refractivity contribution < 1.29 is 14.7 Å². The van der Waals surface area contributed by atoms with Crippen molar-refractivity contribution in [3.05, 3.63) is 81.6 Å². The van der Waals surface area contributed by atoms with E-state index >= 15 is 0 Å². The summed E-state index contributed by atoms with van der Waals surface area (Å²) < 4.78 is 0. The zero-order chi connectivity index (χ0) is 22.0. The predicted octanol–water partition coefficient (Wildman–Crippen LogP) is 1.91. The molecular formula is C24H22N3O4-. The number of nitrogens with zero attached hydrogens (tertiary/aromatic N) is 2. The Balaban J connectivity index is 1.64. The topological polar surface area (TPSA) is 106 Å². The molecule has 0 saturated carbocycles. The average Bonchev–Trinajstić information content (AvgIpc) is 3.18. The lowest BCUT2D eigenvalue weighted by Crippen LogP contribution is -2.36. The van der Waals surface area contributed by atoms with Gasteiger partial charge in [-0.25, -0.2) is 5.01 Å². The van der Waals surface area contributed by atoms with E-state index in [1.54, 1.807) is 0 Å². The van der Waals surface area contributed by atoms with Crippen LogP contribution in [0.3, 0.4) is 0 Å². The second kappa shape index (κ2) is 8.55. The summed E-state index contributed by atoms with van der Waals surface area (Å²) >= 11 is 0. The monoisotopic (exact) mass is 416 g/mol. The summed E-state index contributed by atoms with van der Waals surface area (Å²) in [5.41, 5.74) is 3.77. The Morgan fingerprint density at radius 1 is 1.13 bits per heavy atom. The van der Waals surface area contributed by atoms with Gasteiger partial charge in [-0.1, -0.05) is 48.5 Å². The molecule has 158 valence electrons. The first-order chi connectivity index (χ1) is 14.9. The third kappa shape index (κ3) is 4.40. The smallest absolute Gasteiger partial charge is 0.251 e. The predicted molar refractivity (Wildman–Crippen MR) is 115 cm³/mol. The minimum absolute atomic E-state index is 0.197. The van der Waals surface area contributed by atoms with Crippen molar-refractivity contribution >= 4 is 28.5 Å². The lowest BCUT2D eigenvalue weighted by Gasteiger charge is -2.22. The third-order valence-corrected chi connectivity index (χ3v) is 5.53. The third-order valence-electron chi connectivity index (χ3n) is 5.53. The van der Waals surface area contributed by atoms with Gasteiger partial charge in [0.1, 0.15) is 0 Å². The lowest BCUT2D eigenvalue weighted by atomic mass is 9.98. The molecule has 2 aromatic carbocycles. The fourth-order valence-electron chi connectivity index (χ4n) is 3.94. The molecule has 1 amide bonds. The largest absolute Gasteiger partial charge is 0.550 e. The second-order valence-electron chi connectivity index (χ2n) is 7.75. The number of nitrogens with one attached hydrogen (secondary N) is 1. The Morgan fingerprint density at radius 3 is 2.65 bits per heavy atom. The number of para-hydroxylation sites is 1. The van der Waals surface area contributed by atoms with Crippen LogP contribution in [0.1, 0.15) is 36.0 Å². The van der Waals surface area contributed by atoms with E-state index in [1.165, 1.54) is 5.01 Å². The maximum atomic E-state index is 12.7. The second-order valence-corrected chi connectivity index (χ2v) is 7.75. The zero-order valence-electron chi connectivity index (χ0n) is 17.1. The number of fused-ring (bicyclic) bond motifs is 1. The van der Waals surface area contributed by atoms with E-state index in [9.17, 15) is 19.5 Å². The van der Waals surface area contributed by atoms with Gasteiger partial charge in [0, 0.05) is 30.8 Å². The fraction of sp³-hybridized carbons (Fsp3) is 0.250. The Kier molecular flexibility index (Phi) is 5.66. The van der Waals surface area contributed by atoms with Gasteiger partial charge in [-0.3, -0.25) is 9.59 Å². The van der Waals surface area contributed by atoms with E-state index in [2.05, 4.69) is 10.1 Å². The highest BCUT2D eigenvalue weighted by atomic mass is 16.4. The minimum Gasteiger partial charge on any atom is -0.550 e. The first kappa shape index (κ1) is 20.5. The standard InChI is InChI=1S/C24H23N3O4/c1-15-6-5-9-17-12-18(24(31)25-23(15)17)13-19-14-20(16-7-3-2-4-8-16)26-27(19)21(28)10-11-22(29)30/h2-9,12,19H,10-11,13-14H2,1H3,(H,25,31)(H,29,30)/p-1/t19-/m1/s1. The van der Waals surface area contributed by atoms with E-state index < -0.39 is 11.9 Å². The molecule has 2 heterocycles. The number of aryl methyl sites for hydroxylation is 1. The van der Waals surface area contributed by atoms with Gasteiger partial charge >= 0.3 is 0 Å². The van der Waals surface area contributed by atoms with Crippen molar-refractivity contribution in [3.63, 3.8) is 0 Å². The number of carbonyl (C=O) groups excluding carboxylic acids is 2. The molecule has 31 heavy (non-hydrogen) atoms. The van der Waals surface area contributed by atoms with Crippen molar-refractivity contribution in [2.24, 2.45) is 5.10 Å². The van der Waals surface area contributed by atoms with Gasteiger partial charge < -0.3 is 14.9 Å². The molecule has 0 aliphatic carbocycles. The lowest BCUT2D eigenvalue weighted by molar-refractivity contribution is -0.305. The molecule has 0 spiro atoms. The van der Waals surface area contributed by atoms with E-state index in [0.29, 0.717) is 18.4 Å². The molecule has 1 N–H and O–H groups in total. The van der Waals surface area contributed by atoms with Gasteiger partial charge in [-0.2, -0.15) is 5.10 Å². The van der Waals surface area contributed by atoms with Gasteiger partial charge in [0.05, 0.1) is 17.3 Å². The molecule has 4 rings (SSSR count). The Bertz CT molecular complexity index is 1230. The van der Waals surface area contributed by atoms with Gasteiger partial charge in [0.15, 0.2) is 0 Å². The van der Waals surface area contributed by atoms with Crippen molar-refractivity contribution in [1.29, 1.82) is 0 Å². The van der Waals surface area contributed by atoms with Crippen molar-refractivity contribution in [1.82, 2.24) is 9.99 Å². The van der Waals surface area contributed by atoms with Gasteiger partial charge in [0.25, 0.3) is 5.56 Å². The first-order valence-electron chi connectivity index (χ1n) is 10.2. The Hall–Kier alpha value is -3.74. The number of carboxylic acids is 1. The van der Waals surface area contributed by atoms with Crippen LogP contribution < -0.4 is 10.7 Å². The van der Waals surface area contributed by atoms with Crippen LogP contribution in [-0.4, -0.2) is 33.6 Å². The summed E-state index contributed by atoms with van der Waals surface area (Å²) in [6, 6.07) is 16.8.